The van der Waals surface area contributed by atoms with Crippen molar-refractivity contribution in [1.29, 1.82) is 0 Å². The molecule has 0 fully saturated rings. The lowest BCUT2D eigenvalue weighted by Gasteiger charge is -2.33. The summed E-state index contributed by atoms with van der Waals surface area (Å²) in [5, 5.41) is 13.3. The van der Waals surface area contributed by atoms with E-state index < -0.39 is 35.1 Å². The summed E-state index contributed by atoms with van der Waals surface area (Å²) in [6, 6.07) is 12.1. The molecule has 0 aliphatic carbocycles. The number of hydrogen-bond donors (Lipinski definition) is 4. The van der Waals surface area contributed by atoms with Crippen molar-refractivity contribution in [1.82, 2.24) is 15.8 Å². The van der Waals surface area contributed by atoms with Crippen LogP contribution in [-0.2, 0) is 16.0 Å². The average molecular weight is 594 g/mol. The number of ketones is 1. The van der Waals surface area contributed by atoms with Crippen molar-refractivity contribution in [3.05, 3.63) is 66.4 Å². The molecule has 0 spiro atoms. The van der Waals surface area contributed by atoms with E-state index in [4.69, 9.17) is 14.2 Å². The van der Waals surface area contributed by atoms with E-state index in [2.05, 4.69) is 16.9 Å². The van der Waals surface area contributed by atoms with E-state index in [9.17, 15) is 19.6 Å². The number of allylic oxidation sites excluding steroid dienone is 1. The van der Waals surface area contributed by atoms with Crippen molar-refractivity contribution < 1.29 is 33.8 Å². The van der Waals surface area contributed by atoms with Gasteiger partial charge in [0.05, 0.1) is 39.0 Å². The average Bonchev–Trinajstić information content (AvgIpc) is 3.43. The number of carbonyl (C=O) groups excluding carboxylic acids is 3. The number of H-pyrrole nitrogens is 1. The molecular formula is C33H43N3O7. The number of Topliss-reactive ketones (excluding diaryl/α,β-unsaturated/α-hetero) is 1. The predicted octanol–water partition coefficient (Wildman–Crippen LogP) is 5.24. The zero-order valence-electron chi connectivity index (χ0n) is 25.8. The van der Waals surface area contributed by atoms with Crippen molar-refractivity contribution in [2.75, 3.05) is 21.3 Å². The fourth-order valence-electron chi connectivity index (χ4n) is 5.32. The molecule has 10 heteroatoms. The Morgan fingerprint density at radius 2 is 1.63 bits per heavy atom. The van der Waals surface area contributed by atoms with Gasteiger partial charge in [-0.15, -0.1) is 6.58 Å². The first kappa shape index (κ1) is 33.2. The first-order chi connectivity index (χ1) is 20.5. The maximum Gasteiger partial charge on any atom is 0.247 e. The van der Waals surface area contributed by atoms with Gasteiger partial charge < -0.3 is 24.5 Å². The summed E-state index contributed by atoms with van der Waals surface area (Å²) in [5.41, 5.74) is 3.15. The third-order valence-corrected chi connectivity index (χ3v) is 7.61. The minimum Gasteiger partial charge on any atom is -0.493 e. The molecule has 10 nitrogen and oxygen atoms in total. The van der Waals surface area contributed by atoms with Crippen LogP contribution >= 0.6 is 0 Å². The van der Waals surface area contributed by atoms with Crippen LogP contribution in [0.4, 0.5) is 0 Å². The van der Waals surface area contributed by atoms with Gasteiger partial charge in [0.1, 0.15) is 0 Å². The number of aryl methyl sites for hydroxylation is 1. The molecule has 1 heterocycles. The number of fused-ring (bicyclic) bond motifs is 1. The van der Waals surface area contributed by atoms with Crippen LogP contribution in [0.2, 0.25) is 0 Å². The van der Waals surface area contributed by atoms with Gasteiger partial charge in [-0.2, -0.15) is 0 Å². The lowest BCUT2D eigenvalue weighted by Crippen LogP contribution is -2.52. The molecule has 43 heavy (non-hydrogen) atoms. The molecule has 0 unspecified atom stereocenters. The van der Waals surface area contributed by atoms with Gasteiger partial charge in [0, 0.05) is 16.8 Å². The number of hydrogen-bond acceptors (Lipinski definition) is 7. The maximum atomic E-state index is 13.9. The topological polar surface area (TPSA) is 139 Å². The Morgan fingerprint density at radius 1 is 0.977 bits per heavy atom. The minimum absolute atomic E-state index is 0.158. The second-order valence-corrected chi connectivity index (χ2v) is 11.6. The number of aromatic amines is 1. The monoisotopic (exact) mass is 593 g/mol. The van der Waals surface area contributed by atoms with Crippen LogP contribution in [0.15, 0.2) is 55.1 Å². The number of rotatable bonds is 15. The van der Waals surface area contributed by atoms with Crippen LogP contribution in [0.1, 0.15) is 56.1 Å². The van der Waals surface area contributed by atoms with Crippen molar-refractivity contribution in [2.24, 2.45) is 17.3 Å². The molecule has 0 bridgehead atoms. The highest BCUT2D eigenvalue weighted by molar-refractivity contribution is 6.04. The fourth-order valence-corrected chi connectivity index (χ4v) is 5.32. The molecule has 0 saturated carbocycles. The van der Waals surface area contributed by atoms with Crippen LogP contribution in [0.25, 0.3) is 10.9 Å². The van der Waals surface area contributed by atoms with E-state index in [0.29, 0.717) is 42.2 Å². The van der Waals surface area contributed by atoms with Crippen molar-refractivity contribution in [2.45, 2.75) is 52.5 Å². The van der Waals surface area contributed by atoms with Gasteiger partial charge in [-0.1, -0.05) is 45.0 Å². The van der Waals surface area contributed by atoms with Crippen LogP contribution in [0.5, 0.6) is 17.2 Å². The highest BCUT2D eigenvalue weighted by Gasteiger charge is 2.39. The summed E-state index contributed by atoms with van der Waals surface area (Å²) >= 11 is 0. The zero-order chi connectivity index (χ0) is 31.7. The van der Waals surface area contributed by atoms with Gasteiger partial charge in [0.2, 0.25) is 23.3 Å². The molecule has 0 aliphatic rings. The van der Waals surface area contributed by atoms with E-state index in [-0.39, 0.29) is 12.2 Å². The summed E-state index contributed by atoms with van der Waals surface area (Å²) in [4.78, 5) is 43.6. The zero-order valence-corrected chi connectivity index (χ0v) is 25.8. The molecular weight excluding hydrogens is 550 g/mol. The summed E-state index contributed by atoms with van der Waals surface area (Å²) in [6.07, 6.45) is 3.05. The number of para-hydroxylation sites is 1. The van der Waals surface area contributed by atoms with Gasteiger partial charge in [0.25, 0.3) is 0 Å². The molecule has 0 aliphatic heterocycles. The molecule has 1 aromatic heterocycles. The van der Waals surface area contributed by atoms with Crippen LogP contribution < -0.4 is 25.0 Å². The summed E-state index contributed by atoms with van der Waals surface area (Å²) in [7, 11) is 4.61. The van der Waals surface area contributed by atoms with Gasteiger partial charge >= 0.3 is 0 Å². The van der Waals surface area contributed by atoms with Crippen LogP contribution in [-0.4, -0.2) is 55.2 Å². The van der Waals surface area contributed by atoms with E-state index in [0.717, 1.165) is 16.5 Å². The highest BCUT2D eigenvalue weighted by atomic mass is 16.5. The van der Waals surface area contributed by atoms with Crippen LogP contribution in [0.3, 0.4) is 0 Å². The Morgan fingerprint density at radius 3 is 2.16 bits per heavy atom. The van der Waals surface area contributed by atoms with Crippen LogP contribution in [0, 0.1) is 17.3 Å². The number of ether oxygens (including phenoxy) is 3. The molecule has 3 rings (SSSR count). The Kier molecular flexibility index (Phi) is 11.4. The summed E-state index contributed by atoms with van der Waals surface area (Å²) < 4.78 is 16.3. The van der Waals surface area contributed by atoms with E-state index in [1.807, 2.05) is 57.2 Å². The lowest BCUT2D eigenvalue weighted by molar-refractivity contribution is -0.140. The second-order valence-electron chi connectivity index (χ2n) is 11.6. The number of amides is 2. The molecule has 2 aromatic carbocycles. The standard InChI is InChI=1S/C33H43N3O7/c1-8-12-22(32(39)36-40)23(15-11-13-20-17-26(41-5)29(43-7)27(18-20)42-6)31(38)35-30(33(2,3)4)28(37)25-19-21-14-9-10-16-24(21)34-25/h8-10,14,16-19,22-23,30,34,40H,1,11-13,15H2,2-7H3,(H,35,38)(H,36,39)/t22-,23+,30+/m0/s1. The molecule has 232 valence electrons. The molecule has 2 amide bonds. The first-order valence-electron chi connectivity index (χ1n) is 14.2. The fraction of sp³-hybridized carbons (Fsp3) is 0.424. The molecule has 3 aromatic rings. The van der Waals surface area contributed by atoms with E-state index in [1.54, 1.807) is 11.5 Å². The van der Waals surface area contributed by atoms with Gasteiger partial charge in [-0.05, 0) is 60.9 Å². The maximum absolute atomic E-state index is 13.9. The molecule has 0 radical (unpaired) electrons. The van der Waals surface area contributed by atoms with E-state index in [1.165, 1.54) is 27.4 Å². The third kappa shape index (κ3) is 7.95. The highest BCUT2D eigenvalue weighted by Crippen LogP contribution is 2.39. The lowest BCUT2D eigenvalue weighted by atomic mass is 9.80. The molecule has 4 N–H and O–H groups in total. The normalized spacial score (nSPS) is 13.5. The second kappa shape index (κ2) is 14.7. The Hall–Kier alpha value is -4.31. The third-order valence-electron chi connectivity index (χ3n) is 7.61. The first-order valence-corrected chi connectivity index (χ1v) is 14.2. The number of carbonyl (C=O) groups is 3. The number of aromatic nitrogens is 1. The smallest absolute Gasteiger partial charge is 0.247 e. The number of benzene rings is 2. The molecule has 0 saturated heterocycles. The summed E-state index contributed by atoms with van der Waals surface area (Å²) in [6.45, 7) is 9.36. The largest absolute Gasteiger partial charge is 0.493 e. The minimum atomic E-state index is -0.897. The van der Waals surface area contributed by atoms with Gasteiger partial charge in [-0.3, -0.25) is 19.6 Å². The van der Waals surface area contributed by atoms with Gasteiger partial charge in [0.15, 0.2) is 11.5 Å². The van der Waals surface area contributed by atoms with Crippen molar-refractivity contribution in [3.63, 3.8) is 0 Å². The van der Waals surface area contributed by atoms with Crippen molar-refractivity contribution >= 4 is 28.5 Å². The van der Waals surface area contributed by atoms with E-state index >= 15 is 0 Å². The number of nitrogens with one attached hydrogen (secondary N) is 3. The number of hydroxylamine groups is 1. The van der Waals surface area contributed by atoms with Crippen molar-refractivity contribution in [3.8, 4) is 17.2 Å². The Balaban J connectivity index is 1.89. The number of methoxy groups -OCH3 is 3. The Bertz CT molecular complexity index is 1380. The quantitative estimate of drug-likeness (QED) is 0.0818. The van der Waals surface area contributed by atoms with Gasteiger partial charge in [-0.25, -0.2) is 5.48 Å². The SMILES string of the molecule is C=CC[C@H](C(=O)NO)[C@@H](CCCc1cc(OC)c(OC)c(OC)c1)C(=O)N[C@H](C(=O)c1cc2ccccc2[nH]1)C(C)(C)C. The summed E-state index contributed by atoms with van der Waals surface area (Å²) in [5.74, 6) is -1.66. The molecule has 3 atom stereocenters. The Labute approximate surface area is 252 Å². The predicted molar refractivity (Wildman–Crippen MR) is 165 cm³/mol.